The zero-order valence-electron chi connectivity index (χ0n) is 15.0. The Bertz CT molecular complexity index is 716. The van der Waals surface area contributed by atoms with E-state index >= 15 is 0 Å². The Morgan fingerprint density at radius 3 is 1.11 bits per heavy atom. The van der Waals surface area contributed by atoms with Crippen LogP contribution in [0.15, 0.2) is 48.5 Å². The van der Waals surface area contributed by atoms with Gasteiger partial charge in [0.05, 0.1) is 26.4 Å². The van der Waals surface area contributed by atoms with E-state index in [0.29, 0.717) is 0 Å². The van der Waals surface area contributed by atoms with Crippen molar-refractivity contribution in [3.05, 3.63) is 59.7 Å². The standard InChI is InChI=1S/C21H22N2O4/c1-5-16(22(18-10-24-18)19-11-25-19)6-2-14(1)9-15-3-7-17(8-4-15)23(20-12-26-20)21-13-27-21/h1-8,18-21H,9-13H2. The fourth-order valence-electron chi connectivity index (χ4n) is 3.66. The topological polar surface area (TPSA) is 56.6 Å². The van der Waals surface area contributed by atoms with Crippen LogP contribution in [0.1, 0.15) is 11.1 Å². The van der Waals surface area contributed by atoms with Crippen molar-refractivity contribution in [1.29, 1.82) is 0 Å². The van der Waals surface area contributed by atoms with Gasteiger partial charge in [-0.25, -0.2) is 0 Å². The number of epoxide rings is 4. The number of ether oxygens (including phenoxy) is 4. The molecule has 0 radical (unpaired) electrons. The van der Waals surface area contributed by atoms with E-state index in [2.05, 4.69) is 58.3 Å². The Hall–Kier alpha value is -2.12. The monoisotopic (exact) mass is 366 g/mol. The molecule has 4 saturated heterocycles. The van der Waals surface area contributed by atoms with Crippen molar-refractivity contribution < 1.29 is 18.9 Å². The average Bonchev–Trinajstić information content (AvgIpc) is 3.55. The smallest absolute Gasteiger partial charge is 0.156 e. The molecule has 27 heavy (non-hydrogen) atoms. The van der Waals surface area contributed by atoms with Crippen molar-refractivity contribution in [1.82, 2.24) is 0 Å². The van der Waals surface area contributed by atoms with Crippen LogP contribution in [0.4, 0.5) is 11.4 Å². The third kappa shape index (κ3) is 3.41. The van der Waals surface area contributed by atoms with Crippen molar-refractivity contribution in [3.63, 3.8) is 0 Å². The lowest BCUT2D eigenvalue weighted by atomic mass is 10.0. The number of nitrogens with zero attached hydrogens (tertiary/aromatic N) is 2. The predicted octanol–water partition coefficient (Wildman–Crippen LogP) is 2.32. The van der Waals surface area contributed by atoms with E-state index in [0.717, 1.165) is 32.8 Å². The van der Waals surface area contributed by atoms with Gasteiger partial charge in [0, 0.05) is 11.4 Å². The molecule has 4 atom stereocenters. The van der Waals surface area contributed by atoms with Gasteiger partial charge >= 0.3 is 0 Å². The molecule has 0 spiro atoms. The second-order valence-corrected chi connectivity index (χ2v) is 7.48. The number of benzene rings is 2. The fraction of sp³-hybridized carbons (Fsp3) is 0.429. The van der Waals surface area contributed by atoms with Crippen LogP contribution < -0.4 is 9.80 Å². The Morgan fingerprint density at radius 1 is 0.556 bits per heavy atom. The summed E-state index contributed by atoms with van der Waals surface area (Å²) in [5, 5.41) is 0. The Labute approximate surface area is 158 Å². The lowest BCUT2D eigenvalue weighted by Gasteiger charge is -2.21. The maximum Gasteiger partial charge on any atom is 0.156 e. The zero-order valence-corrected chi connectivity index (χ0v) is 15.0. The fourth-order valence-corrected chi connectivity index (χ4v) is 3.66. The van der Waals surface area contributed by atoms with Gasteiger partial charge in [-0.1, -0.05) is 24.3 Å². The molecule has 4 heterocycles. The molecular weight excluding hydrogens is 344 g/mol. The molecule has 6 nitrogen and oxygen atoms in total. The van der Waals surface area contributed by atoms with Gasteiger partial charge in [0.1, 0.15) is 0 Å². The number of rotatable bonds is 8. The van der Waals surface area contributed by atoms with E-state index < -0.39 is 0 Å². The molecule has 4 unspecified atom stereocenters. The normalized spacial score (nSPS) is 29.9. The SMILES string of the molecule is c1cc(N(C2CO2)C2CO2)ccc1Cc1ccc(N(C2CO2)C2CO2)cc1. The third-order valence-corrected chi connectivity index (χ3v) is 5.38. The summed E-state index contributed by atoms with van der Waals surface area (Å²) in [6, 6.07) is 17.5. The zero-order chi connectivity index (χ0) is 17.8. The molecule has 0 aliphatic carbocycles. The minimum absolute atomic E-state index is 0.185. The quantitative estimate of drug-likeness (QED) is 0.669. The van der Waals surface area contributed by atoms with Crippen LogP contribution in [0.3, 0.4) is 0 Å². The maximum absolute atomic E-state index is 5.45. The van der Waals surface area contributed by atoms with Crippen LogP contribution >= 0.6 is 0 Å². The highest BCUT2D eigenvalue weighted by atomic mass is 16.6. The molecular formula is C21H22N2O4. The first-order valence-electron chi connectivity index (χ1n) is 9.56. The van der Waals surface area contributed by atoms with Crippen molar-refractivity contribution in [3.8, 4) is 0 Å². The molecule has 140 valence electrons. The van der Waals surface area contributed by atoms with Crippen molar-refractivity contribution in [2.24, 2.45) is 0 Å². The van der Waals surface area contributed by atoms with Gasteiger partial charge in [-0.3, -0.25) is 0 Å². The summed E-state index contributed by atoms with van der Waals surface area (Å²) >= 11 is 0. The van der Waals surface area contributed by atoms with Crippen molar-refractivity contribution in [2.45, 2.75) is 31.3 Å². The van der Waals surface area contributed by atoms with Gasteiger partial charge < -0.3 is 28.7 Å². The van der Waals surface area contributed by atoms with Crippen LogP contribution in [0, 0.1) is 0 Å². The molecule has 0 bridgehead atoms. The van der Waals surface area contributed by atoms with Gasteiger partial charge in [0.25, 0.3) is 0 Å². The van der Waals surface area contributed by atoms with Gasteiger partial charge in [-0.15, -0.1) is 0 Å². The summed E-state index contributed by atoms with van der Waals surface area (Å²) < 4.78 is 21.8. The largest absolute Gasteiger partial charge is 0.351 e. The highest BCUT2D eigenvalue weighted by Gasteiger charge is 2.42. The van der Waals surface area contributed by atoms with E-state index in [1.807, 2.05) is 0 Å². The van der Waals surface area contributed by atoms with Gasteiger partial charge in [0.2, 0.25) is 0 Å². The van der Waals surface area contributed by atoms with Crippen molar-refractivity contribution in [2.75, 3.05) is 36.2 Å². The molecule has 0 amide bonds. The Kier molecular flexibility index (Phi) is 3.65. The Balaban J connectivity index is 1.14. The molecule has 2 aromatic rings. The summed E-state index contributed by atoms with van der Waals surface area (Å²) in [5.41, 5.74) is 4.94. The van der Waals surface area contributed by atoms with E-state index in [1.165, 1.54) is 22.5 Å². The molecule has 4 fully saturated rings. The summed E-state index contributed by atoms with van der Waals surface area (Å²) in [7, 11) is 0. The summed E-state index contributed by atoms with van der Waals surface area (Å²) in [6.07, 6.45) is 1.66. The van der Waals surface area contributed by atoms with Gasteiger partial charge in [-0.05, 0) is 41.8 Å². The predicted molar refractivity (Wildman–Crippen MR) is 99.6 cm³/mol. The minimum atomic E-state index is 0.185. The number of hydrogen-bond donors (Lipinski definition) is 0. The molecule has 6 rings (SSSR count). The maximum atomic E-state index is 5.45. The first-order valence-corrected chi connectivity index (χ1v) is 9.56. The first-order chi connectivity index (χ1) is 13.3. The van der Waals surface area contributed by atoms with Crippen molar-refractivity contribution >= 4 is 11.4 Å². The van der Waals surface area contributed by atoms with E-state index in [-0.39, 0.29) is 24.9 Å². The molecule has 0 aromatic heterocycles. The second-order valence-electron chi connectivity index (χ2n) is 7.48. The van der Waals surface area contributed by atoms with Crippen LogP contribution in [0.2, 0.25) is 0 Å². The summed E-state index contributed by atoms with van der Waals surface area (Å²) in [6.45, 7) is 3.18. The van der Waals surface area contributed by atoms with Gasteiger partial charge in [-0.2, -0.15) is 0 Å². The van der Waals surface area contributed by atoms with Crippen LogP contribution in [-0.4, -0.2) is 51.3 Å². The molecule has 6 heteroatoms. The number of anilines is 2. The van der Waals surface area contributed by atoms with Crippen LogP contribution in [-0.2, 0) is 25.4 Å². The van der Waals surface area contributed by atoms with E-state index in [1.54, 1.807) is 0 Å². The van der Waals surface area contributed by atoms with Gasteiger partial charge in [0.15, 0.2) is 24.9 Å². The summed E-state index contributed by atoms with van der Waals surface area (Å²) in [5.74, 6) is 0. The van der Waals surface area contributed by atoms with E-state index in [9.17, 15) is 0 Å². The lowest BCUT2D eigenvalue weighted by Crippen LogP contribution is -2.29. The van der Waals surface area contributed by atoms with E-state index in [4.69, 9.17) is 18.9 Å². The lowest BCUT2D eigenvalue weighted by molar-refractivity contribution is 0.344. The highest BCUT2D eigenvalue weighted by molar-refractivity contribution is 5.52. The molecule has 4 aliphatic rings. The van der Waals surface area contributed by atoms with Crippen LogP contribution in [0.25, 0.3) is 0 Å². The van der Waals surface area contributed by atoms with Crippen LogP contribution in [0.5, 0.6) is 0 Å². The summed E-state index contributed by atoms with van der Waals surface area (Å²) in [4.78, 5) is 4.46. The third-order valence-electron chi connectivity index (χ3n) is 5.38. The molecule has 2 aromatic carbocycles. The number of hydrogen-bond acceptors (Lipinski definition) is 6. The minimum Gasteiger partial charge on any atom is -0.351 e. The second kappa shape index (κ2) is 6.21. The highest BCUT2D eigenvalue weighted by Crippen LogP contribution is 2.33. The molecule has 0 N–H and O–H groups in total. The molecule has 4 aliphatic heterocycles. The first kappa shape index (κ1) is 15.9. The molecule has 0 saturated carbocycles. The average molecular weight is 366 g/mol. The Morgan fingerprint density at radius 2 is 0.852 bits per heavy atom.